The maximum Gasteiger partial charge on any atom is 0.161 e. The molecule has 0 bridgehead atoms. The van der Waals surface area contributed by atoms with Crippen LogP contribution in [-0.4, -0.2) is 19.8 Å². The molecular formula is C21H35NO2. The average molecular weight is 334 g/mol. The van der Waals surface area contributed by atoms with E-state index in [0.29, 0.717) is 6.04 Å². The van der Waals surface area contributed by atoms with Crippen LogP contribution in [0.25, 0.3) is 0 Å². The molecule has 1 aromatic carbocycles. The predicted octanol–water partition coefficient (Wildman–Crippen LogP) is 5.32. The van der Waals surface area contributed by atoms with E-state index in [1.165, 1.54) is 50.5 Å². The van der Waals surface area contributed by atoms with Crippen LogP contribution >= 0.6 is 0 Å². The molecule has 3 heteroatoms. The smallest absolute Gasteiger partial charge is 0.161 e. The Hall–Kier alpha value is -1.22. The Balaban J connectivity index is 1.81. The van der Waals surface area contributed by atoms with Gasteiger partial charge in [0.2, 0.25) is 0 Å². The van der Waals surface area contributed by atoms with Crippen LogP contribution < -0.4 is 14.8 Å². The van der Waals surface area contributed by atoms with Crippen LogP contribution in [0.2, 0.25) is 0 Å². The highest BCUT2D eigenvalue weighted by molar-refractivity contribution is 5.42. The van der Waals surface area contributed by atoms with Crippen molar-refractivity contribution >= 4 is 0 Å². The Morgan fingerprint density at radius 3 is 2.75 bits per heavy atom. The summed E-state index contributed by atoms with van der Waals surface area (Å²) in [5, 5.41) is 3.71. The molecule has 0 aliphatic heterocycles. The van der Waals surface area contributed by atoms with Crippen molar-refractivity contribution in [3.8, 4) is 11.5 Å². The first-order valence-electron chi connectivity index (χ1n) is 9.76. The number of hydrogen-bond donors (Lipinski definition) is 1. The van der Waals surface area contributed by atoms with Crippen molar-refractivity contribution in [1.29, 1.82) is 0 Å². The minimum Gasteiger partial charge on any atom is -0.493 e. The van der Waals surface area contributed by atoms with Crippen LogP contribution in [0, 0.1) is 5.92 Å². The Morgan fingerprint density at radius 2 is 2.00 bits per heavy atom. The van der Waals surface area contributed by atoms with Crippen LogP contribution in [0.1, 0.15) is 70.8 Å². The van der Waals surface area contributed by atoms with E-state index in [1.54, 1.807) is 7.11 Å². The van der Waals surface area contributed by atoms with E-state index < -0.39 is 0 Å². The van der Waals surface area contributed by atoms with Crippen LogP contribution in [0.5, 0.6) is 11.5 Å². The second-order valence-electron chi connectivity index (χ2n) is 7.24. The molecule has 3 nitrogen and oxygen atoms in total. The molecule has 2 atom stereocenters. The molecule has 1 saturated carbocycles. The highest BCUT2D eigenvalue weighted by atomic mass is 16.5. The number of hydrogen-bond acceptors (Lipinski definition) is 3. The molecule has 0 spiro atoms. The molecule has 0 amide bonds. The number of rotatable bonds is 10. The highest BCUT2D eigenvalue weighted by Crippen LogP contribution is 2.29. The summed E-state index contributed by atoms with van der Waals surface area (Å²) in [6.07, 6.45) is 10.2. The first kappa shape index (κ1) is 19.1. The Bertz CT molecular complexity index is 475. The van der Waals surface area contributed by atoms with Crippen molar-refractivity contribution in [2.24, 2.45) is 5.92 Å². The van der Waals surface area contributed by atoms with Gasteiger partial charge in [0.1, 0.15) is 0 Å². The number of ether oxygens (including phenoxy) is 2. The van der Waals surface area contributed by atoms with Gasteiger partial charge in [-0.05, 0) is 42.9 Å². The maximum atomic E-state index is 5.89. The lowest BCUT2D eigenvalue weighted by Crippen LogP contribution is -2.33. The second kappa shape index (κ2) is 10.6. The van der Waals surface area contributed by atoms with Crippen molar-refractivity contribution < 1.29 is 9.47 Å². The van der Waals surface area contributed by atoms with Gasteiger partial charge in [-0.15, -0.1) is 0 Å². The summed E-state index contributed by atoms with van der Waals surface area (Å²) in [5.41, 5.74) is 1.27. The van der Waals surface area contributed by atoms with Gasteiger partial charge in [-0.1, -0.05) is 52.0 Å². The lowest BCUT2D eigenvalue weighted by Gasteiger charge is -2.27. The molecule has 1 aliphatic carbocycles. The summed E-state index contributed by atoms with van der Waals surface area (Å²) >= 11 is 0. The minimum atomic E-state index is 0.661. The molecule has 2 unspecified atom stereocenters. The van der Waals surface area contributed by atoms with Crippen LogP contribution in [-0.2, 0) is 6.54 Å². The van der Waals surface area contributed by atoms with Crippen molar-refractivity contribution in [2.75, 3.05) is 13.7 Å². The Labute approximate surface area is 148 Å². The molecule has 136 valence electrons. The van der Waals surface area contributed by atoms with Gasteiger partial charge in [0.25, 0.3) is 0 Å². The van der Waals surface area contributed by atoms with Gasteiger partial charge in [0.05, 0.1) is 13.7 Å². The minimum absolute atomic E-state index is 0.661. The van der Waals surface area contributed by atoms with Gasteiger partial charge in [0.15, 0.2) is 11.5 Å². The molecule has 2 rings (SSSR count). The summed E-state index contributed by atoms with van der Waals surface area (Å²) in [6.45, 7) is 6.27. The van der Waals surface area contributed by atoms with Gasteiger partial charge in [0, 0.05) is 12.6 Å². The monoisotopic (exact) mass is 333 g/mol. The third kappa shape index (κ3) is 6.35. The van der Waals surface area contributed by atoms with E-state index in [2.05, 4.69) is 37.4 Å². The average Bonchev–Trinajstić information content (AvgIpc) is 2.60. The summed E-state index contributed by atoms with van der Waals surface area (Å²) in [6, 6.07) is 6.98. The van der Waals surface area contributed by atoms with Crippen LogP contribution in [0.15, 0.2) is 18.2 Å². The lowest BCUT2D eigenvalue weighted by molar-refractivity contribution is 0.284. The summed E-state index contributed by atoms with van der Waals surface area (Å²) < 4.78 is 11.4. The van der Waals surface area contributed by atoms with E-state index >= 15 is 0 Å². The fraction of sp³-hybridized carbons (Fsp3) is 0.714. The van der Waals surface area contributed by atoms with E-state index in [-0.39, 0.29) is 0 Å². The lowest BCUT2D eigenvalue weighted by atomic mass is 9.87. The van der Waals surface area contributed by atoms with Gasteiger partial charge < -0.3 is 14.8 Å². The predicted molar refractivity (Wildman–Crippen MR) is 101 cm³/mol. The van der Waals surface area contributed by atoms with Crippen LogP contribution in [0.3, 0.4) is 0 Å². The van der Waals surface area contributed by atoms with Crippen molar-refractivity contribution in [2.45, 2.75) is 77.8 Å². The molecule has 0 saturated heterocycles. The molecule has 1 N–H and O–H groups in total. The summed E-state index contributed by atoms with van der Waals surface area (Å²) in [7, 11) is 1.72. The molecule has 0 radical (unpaired) electrons. The highest BCUT2D eigenvalue weighted by Gasteiger charge is 2.18. The van der Waals surface area contributed by atoms with Gasteiger partial charge in [-0.3, -0.25) is 0 Å². The quantitative estimate of drug-likeness (QED) is 0.588. The summed E-state index contributed by atoms with van der Waals surface area (Å²) in [4.78, 5) is 0. The standard InChI is InChI=1S/C21H35NO2/c1-4-5-6-7-13-24-20-12-11-18(15-21(20)23-3)16-22-19-10-8-9-17(2)14-19/h11-12,15,17,19,22H,4-10,13-14,16H2,1-3H3. The van der Waals surface area contributed by atoms with Gasteiger partial charge >= 0.3 is 0 Å². The fourth-order valence-electron chi connectivity index (χ4n) is 3.53. The molecule has 0 heterocycles. The molecule has 1 aromatic rings. The fourth-order valence-corrected chi connectivity index (χ4v) is 3.53. The van der Waals surface area contributed by atoms with Gasteiger partial charge in [-0.25, -0.2) is 0 Å². The van der Waals surface area contributed by atoms with E-state index in [0.717, 1.165) is 37.0 Å². The van der Waals surface area contributed by atoms with E-state index in [1.807, 2.05) is 0 Å². The largest absolute Gasteiger partial charge is 0.493 e. The van der Waals surface area contributed by atoms with Crippen molar-refractivity contribution in [3.05, 3.63) is 23.8 Å². The first-order valence-corrected chi connectivity index (χ1v) is 9.76. The molecular weight excluding hydrogens is 298 g/mol. The third-order valence-corrected chi connectivity index (χ3v) is 5.01. The van der Waals surface area contributed by atoms with E-state index in [4.69, 9.17) is 9.47 Å². The summed E-state index contributed by atoms with van der Waals surface area (Å²) in [5.74, 6) is 2.57. The van der Waals surface area contributed by atoms with E-state index in [9.17, 15) is 0 Å². The molecule has 0 aromatic heterocycles. The first-order chi connectivity index (χ1) is 11.7. The third-order valence-electron chi connectivity index (χ3n) is 5.01. The SMILES string of the molecule is CCCCCCOc1ccc(CNC2CCCC(C)C2)cc1OC. The zero-order valence-corrected chi connectivity index (χ0v) is 15.8. The second-order valence-corrected chi connectivity index (χ2v) is 7.24. The topological polar surface area (TPSA) is 30.5 Å². The molecule has 1 aliphatic rings. The number of benzene rings is 1. The molecule has 24 heavy (non-hydrogen) atoms. The zero-order valence-electron chi connectivity index (χ0n) is 15.8. The van der Waals surface area contributed by atoms with Gasteiger partial charge in [-0.2, -0.15) is 0 Å². The Morgan fingerprint density at radius 1 is 1.12 bits per heavy atom. The number of methoxy groups -OCH3 is 1. The van der Waals surface area contributed by atoms with Crippen molar-refractivity contribution in [3.63, 3.8) is 0 Å². The number of nitrogens with one attached hydrogen (secondary N) is 1. The van der Waals surface area contributed by atoms with Crippen molar-refractivity contribution in [1.82, 2.24) is 5.32 Å². The zero-order chi connectivity index (χ0) is 17.2. The Kier molecular flexibility index (Phi) is 8.44. The van der Waals surface area contributed by atoms with Crippen LogP contribution in [0.4, 0.5) is 0 Å². The normalized spacial score (nSPS) is 20.8. The maximum absolute atomic E-state index is 5.89. The number of unbranched alkanes of at least 4 members (excludes halogenated alkanes) is 3. The molecule has 1 fully saturated rings.